The average Bonchev–Trinajstić information content (AvgIpc) is 2.45. The molecule has 3 unspecified atom stereocenters. The molecule has 6 heteroatoms. The summed E-state index contributed by atoms with van der Waals surface area (Å²) in [6.07, 6.45) is 1.48. The van der Waals surface area contributed by atoms with Gasteiger partial charge in [0.05, 0.1) is 18.1 Å². The summed E-state index contributed by atoms with van der Waals surface area (Å²) in [5, 5.41) is 11.2. The summed E-state index contributed by atoms with van der Waals surface area (Å²) < 4.78 is 10.8. The molecule has 0 aliphatic heterocycles. The number of ether oxygens (including phenoxy) is 2. The molecule has 20 heavy (non-hydrogen) atoms. The number of nitro benzene ring substituents is 1. The summed E-state index contributed by atoms with van der Waals surface area (Å²) in [6, 6.07) is 4.60. The van der Waals surface area contributed by atoms with Crippen molar-refractivity contribution in [1.29, 1.82) is 0 Å². The average molecular weight is 300 g/mol. The van der Waals surface area contributed by atoms with Crippen molar-refractivity contribution in [2.75, 3.05) is 7.11 Å². The highest BCUT2D eigenvalue weighted by molar-refractivity contribution is 6.21. The number of hydrogen-bond donors (Lipinski definition) is 0. The van der Waals surface area contributed by atoms with Crippen molar-refractivity contribution in [3.63, 3.8) is 0 Å². The smallest absolute Gasteiger partial charge is 0.314 e. The van der Waals surface area contributed by atoms with Crippen LogP contribution in [0.25, 0.3) is 0 Å². The van der Waals surface area contributed by atoms with E-state index in [9.17, 15) is 10.1 Å². The largest absolute Gasteiger partial charge is 0.496 e. The van der Waals surface area contributed by atoms with Crippen LogP contribution < -0.4 is 9.47 Å². The van der Waals surface area contributed by atoms with Crippen LogP contribution in [0.4, 0.5) is 5.69 Å². The fraction of sp³-hybridized carbons (Fsp3) is 0.571. The second-order valence-electron chi connectivity index (χ2n) is 5.26. The number of hydrogen-bond acceptors (Lipinski definition) is 4. The normalized spacial score (nSPS) is 28.6. The Bertz CT molecular complexity index is 522. The van der Waals surface area contributed by atoms with E-state index in [4.69, 9.17) is 21.1 Å². The lowest BCUT2D eigenvalue weighted by Gasteiger charge is -2.50. The van der Waals surface area contributed by atoms with Crippen LogP contribution in [0.1, 0.15) is 26.7 Å². The molecule has 0 aromatic heterocycles. The molecule has 5 nitrogen and oxygen atoms in total. The van der Waals surface area contributed by atoms with E-state index < -0.39 is 4.92 Å². The number of nitro groups is 1. The molecule has 1 aromatic rings. The second-order valence-corrected chi connectivity index (χ2v) is 5.79. The molecule has 0 radical (unpaired) electrons. The summed E-state index contributed by atoms with van der Waals surface area (Å²) in [4.78, 5) is 10.7. The van der Waals surface area contributed by atoms with Crippen molar-refractivity contribution in [1.82, 2.24) is 0 Å². The molecule has 1 aliphatic carbocycles. The van der Waals surface area contributed by atoms with Crippen LogP contribution in [0.2, 0.25) is 0 Å². The van der Waals surface area contributed by atoms with Gasteiger partial charge in [0.25, 0.3) is 0 Å². The first-order valence-electron chi connectivity index (χ1n) is 6.55. The zero-order valence-corrected chi connectivity index (χ0v) is 12.5. The molecule has 1 fully saturated rings. The van der Waals surface area contributed by atoms with Crippen LogP contribution in [0.15, 0.2) is 18.2 Å². The Morgan fingerprint density at radius 1 is 1.55 bits per heavy atom. The number of halogens is 1. The molecule has 1 saturated carbocycles. The van der Waals surface area contributed by atoms with Gasteiger partial charge in [-0.25, -0.2) is 0 Å². The summed E-state index contributed by atoms with van der Waals surface area (Å²) in [6.45, 7) is 4.10. The van der Waals surface area contributed by atoms with E-state index in [-0.39, 0.29) is 28.3 Å². The van der Waals surface area contributed by atoms with E-state index in [1.54, 1.807) is 12.1 Å². The fourth-order valence-corrected chi connectivity index (χ4v) is 2.88. The van der Waals surface area contributed by atoms with E-state index in [0.717, 1.165) is 6.42 Å². The standard InChI is InChI=1S/C14H18ClNO4/c1-4-14(2)12(15)8-13(14)20-11-6-5-9(19-3)7-10(11)16(17)18/h5-7,12-13H,4,8H2,1-3H3. The Hall–Kier alpha value is -1.49. The molecular formula is C14H18ClNO4. The lowest BCUT2D eigenvalue weighted by atomic mass is 9.65. The van der Waals surface area contributed by atoms with Gasteiger partial charge in [-0.05, 0) is 18.6 Å². The first kappa shape index (κ1) is 14.9. The van der Waals surface area contributed by atoms with Crippen LogP contribution in [0.3, 0.4) is 0 Å². The number of methoxy groups -OCH3 is 1. The van der Waals surface area contributed by atoms with Crippen LogP contribution >= 0.6 is 11.6 Å². The topological polar surface area (TPSA) is 61.6 Å². The Balaban J connectivity index is 2.24. The minimum absolute atomic E-state index is 0.0507. The molecule has 110 valence electrons. The molecular weight excluding hydrogens is 282 g/mol. The molecule has 1 aliphatic rings. The zero-order valence-electron chi connectivity index (χ0n) is 11.8. The van der Waals surface area contributed by atoms with E-state index >= 15 is 0 Å². The van der Waals surface area contributed by atoms with Crippen molar-refractivity contribution < 1.29 is 14.4 Å². The number of rotatable bonds is 5. The predicted octanol–water partition coefficient (Wildman–Crippen LogP) is 3.78. The quantitative estimate of drug-likeness (QED) is 0.471. The van der Waals surface area contributed by atoms with Gasteiger partial charge in [0.2, 0.25) is 0 Å². The predicted molar refractivity (Wildman–Crippen MR) is 76.7 cm³/mol. The maximum Gasteiger partial charge on any atom is 0.314 e. The molecule has 0 saturated heterocycles. The van der Waals surface area contributed by atoms with E-state index in [1.165, 1.54) is 13.2 Å². The molecule has 0 spiro atoms. The third kappa shape index (κ3) is 2.42. The third-order valence-corrected chi connectivity index (χ3v) is 4.94. The van der Waals surface area contributed by atoms with E-state index in [0.29, 0.717) is 12.2 Å². The Morgan fingerprint density at radius 2 is 2.25 bits per heavy atom. The maximum atomic E-state index is 11.1. The van der Waals surface area contributed by atoms with Crippen molar-refractivity contribution in [3.8, 4) is 11.5 Å². The number of nitrogens with zero attached hydrogens (tertiary/aromatic N) is 1. The van der Waals surface area contributed by atoms with E-state index in [1.807, 2.05) is 13.8 Å². The fourth-order valence-electron chi connectivity index (χ4n) is 2.42. The lowest BCUT2D eigenvalue weighted by molar-refractivity contribution is -0.386. The molecule has 0 N–H and O–H groups in total. The summed E-state index contributed by atoms with van der Waals surface area (Å²) in [5.41, 5.74) is -0.226. The Morgan fingerprint density at radius 3 is 2.75 bits per heavy atom. The molecule has 3 atom stereocenters. The van der Waals surface area contributed by atoms with Crippen molar-refractivity contribution in [2.45, 2.75) is 38.2 Å². The van der Waals surface area contributed by atoms with Crippen LogP contribution in [-0.4, -0.2) is 23.5 Å². The Labute approximate surface area is 123 Å². The lowest BCUT2D eigenvalue weighted by Crippen LogP contribution is -2.55. The van der Waals surface area contributed by atoms with Crippen LogP contribution in [0, 0.1) is 15.5 Å². The highest BCUT2D eigenvalue weighted by Crippen LogP contribution is 2.50. The van der Waals surface area contributed by atoms with Crippen molar-refractivity contribution >= 4 is 17.3 Å². The highest BCUT2D eigenvalue weighted by Gasteiger charge is 2.51. The first-order valence-corrected chi connectivity index (χ1v) is 6.99. The molecule has 0 amide bonds. The van der Waals surface area contributed by atoms with Crippen LogP contribution in [0.5, 0.6) is 11.5 Å². The summed E-state index contributed by atoms with van der Waals surface area (Å²) >= 11 is 6.23. The molecule has 2 rings (SSSR count). The number of alkyl halides is 1. The molecule has 1 aromatic carbocycles. The Kier molecular flexibility index (Phi) is 4.09. The van der Waals surface area contributed by atoms with Gasteiger partial charge in [-0.1, -0.05) is 13.8 Å². The monoisotopic (exact) mass is 299 g/mol. The SMILES string of the molecule is CCC1(C)C(Cl)CC1Oc1ccc(OC)cc1[N+](=O)[O-]. The third-order valence-electron chi connectivity index (χ3n) is 4.27. The molecule has 0 heterocycles. The maximum absolute atomic E-state index is 11.1. The molecule has 0 bridgehead atoms. The summed E-state index contributed by atoms with van der Waals surface area (Å²) in [7, 11) is 1.47. The minimum Gasteiger partial charge on any atom is -0.496 e. The zero-order chi connectivity index (χ0) is 14.9. The minimum atomic E-state index is -0.460. The van der Waals surface area contributed by atoms with Gasteiger partial charge in [0, 0.05) is 17.2 Å². The summed E-state index contributed by atoms with van der Waals surface area (Å²) in [5.74, 6) is 0.704. The van der Waals surface area contributed by atoms with Gasteiger partial charge in [0.15, 0.2) is 5.75 Å². The number of benzene rings is 1. The van der Waals surface area contributed by atoms with E-state index in [2.05, 4.69) is 0 Å². The van der Waals surface area contributed by atoms with Gasteiger partial charge in [0.1, 0.15) is 11.9 Å². The first-order chi connectivity index (χ1) is 9.42. The highest BCUT2D eigenvalue weighted by atomic mass is 35.5. The van der Waals surface area contributed by atoms with Gasteiger partial charge in [-0.2, -0.15) is 0 Å². The van der Waals surface area contributed by atoms with Gasteiger partial charge in [-0.15, -0.1) is 11.6 Å². The van der Waals surface area contributed by atoms with Gasteiger partial charge < -0.3 is 9.47 Å². The van der Waals surface area contributed by atoms with Gasteiger partial charge >= 0.3 is 5.69 Å². The van der Waals surface area contributed by atoms with Gasteiger partial charge in [-0.3, -0.25) is 10.1 Å². The van der Waals surface area contributed by atoms with Crippen molar-refractivity contribution in [2.24, 2.45) is 5.41 Å². The second kappa shape index (κ2) is 5.48. The van der Waals surface area contributed by atoms with Crippen molar-refractivity contribution in [3.05, 3.63) is 28.3 Å². The van der Waals surface area contributed by atoms with Crippen LogP contribution in [-0.2, 0) is 0 Å².